The Hall–Kier alpha value is 2.05. The van der Waals surface area contributed by atoms with Crippen LogP contribution in [0.4, 0.5) is 0 Å². The van der Waals surface area contributed by atoms with Crippen molar-refractivity contribution in [2.75, 3.05) is 0 Å². The molecule has 12 heavy (non-hydrogen) atoms. The first-order chi connectivity index (χ1) is 4.00. The molecule has 0 heterocycles. The van der Waals surface area contributed by atoms with Crippen molar-refractivity contribution in [2.45, 2.75) is 0 Å². The van der Waals surface area contributed by atoms with E-state index in [-0.39, 0.29) is 55.8 Å². The van der Waals surface area contributed by atoms with Gasteiger partial charge in [0.2, 0.25) is 0 Å². The van der Waals surface area contributed by atoms with E-state index in [0.717, 1.165) is 0 Å². The first-order valence-electron chi connectivity index (χ1n) is 1.68. The van der Waals surface area contributed by atoms with Gasteiger partial charge in [-0.1, -0.05) is 0 Å². The fourth-order valence-corrected chi connectivity index (χ4v) is 0. The molecule has 0 bridgehead atoms. The van der Waals surface area contributed by atoms with Gasteiger partial charge >= 0.3 is 46.4 Å². The molecule has 0 aromatic rings. The monoisotopic (exact) mass is 308 g/mol. The Bertz CT molecular complexity index is 111. The van der Waals surface area contributed by atoms with Gasteiger partial charge in [-0.05, 0) is 0 Å². The van der Waals surface area contributed by atoms with E-state index in [2.05, 4.69) is 0 Å². The van der Waals surface area contributed by atoms with Gasteiger partial charge in [-0.2, -0.15) is 0 Å². The van der Waals surface area contributed by atoms with Crippen LogP contribution in [0.15, 0.2) is 0 Å². The molecular formula is H8NaO8PSiZr. The second kappa shape index (κ2) is 9.60. The number of rotatable bonds is 0. The Kier molecular flexibility index (Phi) is 19.0. The third-order valence-electron chi connectivity index (χ3n) is 0. The Labute approximate surface area is 110 Å². The Morgan fingerprint density at radius 2 is 0.917 bits per heavy atom. The van der Waals surface area contributed by atoms with Crippen LogP contribution in [0.1, 0.15) is 0 Å². The average molecular weight is 309 g/mol. The van der Waals surface area contributed by atoms with Crippen molar-refractivity contribution in [1.29, 1.82) is 0 Å². The molecule has 0 radical (unpaired) electrons. The summed E-state index contributed by atoms with van der Waals surface area (Å²) in [6, 6.07) is 0. The number of hydrogen-bond donors (Lipinski definition) is 7. The molecule has 0 unspecified atom stereocenters. The standard InChI is InChI=1S/Na.H3O4P.H4O4Si.Zr.H/c;2*1-5(2,3)4;;/h;(H3,1,2,3,4);1-4H;;. The molecule has 0 spiro atoms. The smallest absolute Gasteiger partial charge is 0 e. The van der Waals surface area contributed by atoms with Gasteiger partial charge in [-0.15, -0.1) is 0 Å². The van der Waals surface area contributed by atoms with Gasteiger partial charge < -0.3 is 33.9 Å². The van der Waals surface area contributed by atoms with Gasteiger partial charge in [0.25, 0.3) is 0 Å². The molecule has 0 aliphatic carbocycles. The molecule has 12 heteroatoms. The zero-order chi connectivity index (χ0) is 9.00. The maximum atomic E-state index is 8.88. The molecule has 0 aliphatic heterocycles. The van der Waals surface area contributed by atoms with Crippen molar-refractivity contribution >= 4 is 46.4 Å². The quantitative estimate of drug-likeness (QED) is 0.175. The Morgan fingerprint density at radius 1 is 0.917 bits per heavy atom. The van der Waals surface area contributed by atoms with Crippen LogP contribution < -0.4 is 0 Å². The van der Waals surface area contributed by atoms with Crippen LogP contribution in [0.25, 0.3) is 0 Å². The number of phosphoric acid groups is 1. The molecule has 8 nitrogen and oxygen atoms in total. The summed E-state index contributed by atoms with van der Waals surface area (Å²) in [5, 5.41) is 0. The summed E-state index contributed by atoms with van der Waals surface area (Å²) in [4.78, 5) is 50.9. The second-order valence-corrected chi connectivity index (χ2v) is 3.34. The molecule has 70 valence electrons. The molecule has 0 aromatic heterocycles. The SMILES string of the molecule is O=P(O)(O)O.O[Si](O)(O)O.[NaH].[Zr]. The molecule has 0 aliphatic rings. The Morgan fingerprint density at radius 3 is 0.917 bits per heavy atom. The van der Waals surface area contributed by atoms with E-state index in [1.165, 1.54) is 0 Å². The van der Waals surface area contributed by atoms with Crippen LogP contribution in [-0.4, -0.2) is 72.5 Å². The van der Waals surface area contributed by atoms with Gasteiger partial charge in [0.1, 0.15) is 0 Å². The van der Waals surface area contributed by atoms with E-state index in [4.69, 9.17) is 38.4 Å². The van der Waals surface area contributed by atoms with Gasteiger partial charge in [-0.25, -0.2) is 4.57 Å². The van der Waals surface area contributed by atoms with Crippen LogP contribution in [0, 0.1) is 0 Å². The van der Waals surface area contributed by atoms with Crippen molar-refractivity contribution in [3.63, 3.8) is 0 Å². The van der Waals surface area contributed by atoms with Gasteiger partial charge in [0.05, 0.1) is 0 Å². The largest absolute Gasteiger partial charge is 0 e. The first kappa shape index (κ1) is 23.7. The topological polar surface area (TPSA) is 159 Å². The molecule has 7 N–H and O–H groups in total. The number of hydrogen-bond acceptors (Lipinski definition) is 5. The van der Waals surface area contributed by atoms with Crippen LogP contribution >= 0.6 is 7.82 Å². The maximum absolute atomic E-state index is 8.88. The predicted octanol–water partition coefficient (Wildman–Crippen LogP) is -4.19. The summed E-state index contributed by atoms with van der Waals surface area (Å²) in [5.41, 5.74) is 0. The van der Waals surface area contributed by atoms with E-state index in [1.54, 1.807) is 0 Å². The molecule has 0 saturated heterocycles. The minimum absolute atomic E-state index is 0. The summed E-state index contributed by atoms with van der Waals surface area (Å²) in [6.07, 6.45) is 0. The molecular weight excluding hydrogens is 301 g/mol. The summed E-state index contributed by atoms with van der Waals surface area (Å²) in [7, 11) is -9.25. The molecule has 0 amide bonds. The molecule has 0 saturated carbocycles. The van der Waals surface area contributed by atoms with Gasteiger partial charge in [0.15, 0.2) is 0 Å². The van der Waals surface area contributed by atoms with Crippen molar-refractivity contribution in [3.8, 4) is 0 Å². The fraction of sp³-hybridized carbons (Fsp3) is 0. The normalized spacial score (nSPS) is 9.92. The van der Waals surface area contributed by atoms with Crippen LogP contribution in [0.3, 0.4) is 0 Å². The zero-order valence-electron chi connectivity index (χ0n) is 4.99. The second-order valence-electron chi connectivity index (χ2n) is 1.11. The summed E-state index contributed by atoms with van der Waals surface area (Å²) >= 11 is 0. The average Bonchev–Trinajstić information content (AvgIpc) is 1.12. The molecule has 0 rings (SSSR count). The summed E-state index contributed by atoms with van der Waals surface area (Å²) in [6.45, 7) is 0. The van der Waals surface area contributed by atoms with Crippen molar-refractivity contribution < 1.29 is 64.6 Å². The molecule has 0 fully saturated rings. The Balaban J connectivity index is -0.0000000457. The third kappa shape index (κ3) is 350. The molecule has 0 atom stereocenters. The predicted molar refractivity (Wildman–Crippen MR) is 36.0 cm³/mol. The van der Waals surface area contributed by atoms with E-state index in [1.807, 2.05) is 0 Å². The third-order valence-corrected chi connectivity index (χ3v) is 0. The van der Waals surface area contributed by atoms with Crippen LogP contribution in [0.2, 0.25) is 0 Å². The van der Waals surface area contributed by atoms with E-state index < -0.39 is 16.9 Å². The van der Waals surface area contributed by atoms with Crippen LogP contribution in [0.5, 0.6) is 0 Å². The van der Waals surface area contributed by atoms with Crippen LogP contribution in [-0.2, 0) is 30.8 Å². The van der Waals surface area contributed by atoms with E-state index in [0.29, 0.717) is 0 Å². The summed E-state index contributed by atoms with van der Waals surface area (Å²) in [5.74, 6) is 0. The minimum Gasteiger partial charge on any atom is 0 e. The fourth-order valence-electron chi connectivity index (χ4n) is 0. The molecule has 0 aromatic carbocycles. The van der Waals surface area contributed by atoms with Crippen molar-refractivity contribution in [1.82, 2.24) is 0 Å². The first-order valence-corrected chi connectivity index (χ1v) is 5.03. The summed E-state index contributed by atoms with van der Waals surface area (Å²) < 4.78 is 8.88. The van der Waals surface area contributed by atoms with Crippen molar-refractivity contribution in [2.24, 2.45) is 0 Å². The van der Waals surface area contributed by atoms with E-state index >= 15 is 0 Å². The van der Waals surface area contributed by atoms with Gasteiger partial charge in [0, 0.05) is 26.2 Å². The maximum Gasteiger partial charge on any atom is 0 e. The van der Waals surface area contributed by atoms with Crippen molar-refractivity contribution in [3.05, 3.63) is 0 Å². The van der Waals surface area contributed by atoms with E-state index in [9.17, 15) is 0 Å². The van der Waals surface area contributed by atoms with Gasteiger partial charge in [-0.3, -0.25) is 0 Å². The zero-order valence-corrected chi connectivity index (χ0v) is 9.34. The minimum atomic E-state index is -4.64.